The van der Waals surface area contributed by atoms with Crippen LogP contribution in [0, 0.1) is 18.3 Å². The largest absolute Gasteiger partial charge is 0.477 e. The molecule has 0 bridgehead atoms. The lowest BCUT2D eigenvalue weighted by Gasteiger charge is -2.26. The number of carboxylic acid groups (broad SMARTS) is 1. The van der Waals surface area contributed by atoms with Crippen LogP contribution in [0.15, 0.2) is 139 Å². The standard InChI is InChI=1S/C37H28N2O2/c1-27-12-18-33(19-13-27)39(34-20-14-28(15-21-34)24-32(26-38)37(40)41)35-22-16-29(17-23-35)25-36(30-8-4-2-5-9-30)31-10-6-3-7-11-31/h2-25H,1H3,(H,40,41)/b32-24-. The molecule has 4 nitrogen and oxygen atoms in total. The first-order valence-corrected chi connectivity index (χ1v) is 13.3. The minimum atomic E-state index is -1.24. The van der Waals surface area contributed by atoms with Gasteiger partial charge in [-0.25, -0.2) is 4.79 Å². The number of aryl methyl sites for hydroxylation is 1. The number of nitriles is 1. The average molecular weight is 533 g/mol. The van der Waals surface area contributed by atoms with Crippen LogP contribution in [0.2, 0.25) is 0 Å². The van der Waals surface area contributed by atoms with Crippen molar-refractivity contribution in [3.8, 4) is 6.07 Å². The molecule has 0 unspecified atom stereocenters. The summed E-state index contributed by atoms with van der Waals surface area (Å²) < 4.78 is 0. The van der Waals surface area contributed by atoms with E-state index in [0.29, 0.717) is 5.56 Å². The molecule has 5 aromatic carbocycles. The van der Waals surface area contributed by atoms with Gasteiger partial charge in [-0.05, 0) is 83.3 Å². The summed E-state index contributed by atoms with van der Waals surface area (Å²) in [5, 5.41) is 18.3. The molecule has 1 N–H and O–H groups in total. The van der Waals surface area contributed by atoms with Crippen LogP contribution < -0.4 is 4.90 Å². The molecule has 0 heterocycles. The van der Waals surface area contributed by atoms with Crippen LogP contribution in [-0.2, 0) is 4.79 Å². The third kappa shape index (κ3) is 6.50. The highest BCUT2D eigenvalue weighted by Gasteiger charge is 2.13. The first-order valence-electron chi connectivity index (χ1n) is 13.3. The lowest BCUT2D eigenvalue weighted by atomic mass is 9.95. The number of carbonyl (C=O) groups is 1. The maximum absolute atomic E-state index is 11.3. The van der Waals surface area contributed by atoms with E-state index in [1.807, 2.05) is 36.4 Å². The van der Waals surface area contributed by atoms with E-state index in [2.05, 4.69) is 115 Å². The van der Waals surface area contributed by atoms with Crippen LogP contribution in [0.1, 0.15) is 27.8 Å². The smallest absolute Gasteiger partial charge is 0.346 e. The van der Waals surface area contributed by atoms with Crippen LogP contribution in [0.4, 0.5) is 17.1 Å². The Bertz CT molecular complexity index is 1690. The molecule has 0 spiro atoms. The van der Waals surface area contributed by atoms with E-state index in [0.717, 1.165) is 39.3 Å². The van der Waals surface area contributed by atoms with Crippen molar-refractivity contribution in [1.29, 1.82) is 5.26 Å². The second kappa shape index (κ2) is 12.5. The van der Waals surface area contributed by atoms with E-state index in [-0.39, 0.29) is 5.57 Å². The molecule has 198 valence electrons. The van der Waals surface area contributed by atoms with E-state index < -0.39 is 5.97 Å². The van der Waals surface area contributed by atoms with Crippen molar-refractivity contribution in [2.75, 3.05) is 4.90 Å². The van der Waals surface area contributed by atoms with Crippen LogP contribution >= 0.6 is 0 Å². The number of benzene rings is 5. The Morgan fingerprint density at radius 3 is 1.46 bits per heavy atom. The molecule has 0 saturated carbocycles. The zero-order chi connectivity index (χ0) is 28.6. The molecule has 41 heavy (non-hydrogen) atoms. The summed E-state index contributed by atoms with van der Waals surface area (Å²) in [6.07, 6.45) is 3.58. The summed E-state index contributed by atoms with van der Waals surface area (Å²) in [5.74, 6) is -1.24. The van der Waals surface area contributed by atoms with Crippen molar-refractivity contribution >= 4 is 40.8 Å². The quantitative estimate of drug-likeness (QED) is 0.123. The van der Waals surface area contributed by atoms with Gasteiger partial charge in [-0.2, -0.15) is 5.26 Å². The minimum Gasteiger partial charge on any atom is -0.477 e. The van der Waals surface area contributed by atoms with E-state index in [9.17, 15) is 9.90 Å². The number of hydrogen-bond donors (Lipinski definition) is 1. The van der Waals surface area contributed by atoms with Crippen molar-refractivity contribution in [2.45, 2.75) is 6.92 Å². The molecule has 0 aliphatic heterocycles. The van der Waals surface area contributed by atoms with Crippen molar-refractivity contribution < 1.29 is 9.90 Å². The fourth-order valence-corrected chi connectivity index (χ4v) is 4.62. The molecular formula is C37H28N2O2. The lowest BCUT2D eigenvalue weighted by molar-refractivity contribution is -0.132. The van der Waals surface area contributed by atoms with Crippen molar-refractivity contribution in [1.82, 2.24) is 0 Å². The first kappa shape index (κ1) is 26.9. The van der Waals surface area contributed by atoms with Gasteiger partial charge in [0.1, 0.15) is 11.6 Å². The van der Waals surface area contributed by atoms with E-state index in [1.54, 1.807) is 6.07 Å². The Kier molecular flexibility index (Phi) is 8.19. The highest BCUT2D eigenvalue weighted by molar-refractivity contribution is 5.96. The molecule has 0 fully saturated rings. The Balaban J connectivity index is 1.53. The second-order valence-corrected chi connectivity index (χ2v) is 9.62. The molecule has 5 rings (SSSR count). The maximum atomic E-state index is 11.3. The first-order chi connectivity index (χ1) is 20.0. The average Bonchev–Trinajstić information content (AvgIpc) is 3.02. The molecule has 0 amide bonds. The van der Waals surface area contributed by atoms with Gasteiger partial charge in [0.15, 0.2) is 0 Å². The van der Waals surface area contributed by atoms with E-state index >= 15 is 0 Å². The van der Waals surface area contributed by atoms with Crippen molar-refractivity contribution in [3.63, 3.8) is 0 Å². The third-order valence-electron chi connectivity index (χ3n) is 6.74. The Morgan fingerprint density at radius 1 is 0.634 bits per heavy atom. The van der Waals surface area contributed by atoms with Gasteiger partial charge in [-0.1, -0.05) is 103 Å². The fraction of sp³-hybridized carbons (Fsp3) is 0.0270. The monoisotopic (exact) mass is 532 g/mol. The predicted octanol–water partition coefficient (Wildman–Crippen LogP) is 9.05. The van der Waals surface area contributed by atoms with Gasteiger partial charge in [0, 0.05) is 17.1 Å². The number of rotatable bonds is 8. The van der Waals surface area contributed by atoms with Crippen molar-refractivity contribution in [3.05, 3.63) is 167 Å². The van der Waals surface area contributed by atoms with Crippen LogP contribution in [-0.4, -0.2) is 11.1 Å². The molecule has 4 heteroatoms. The zero-order valence-corrected chi connectivity index (χ0v) is 22.6. The number of carboxylic acids is 1. The molecule has 0 aliphatic carbocycles. The Labute approximate surface area is 240 Å². The molecule has 0 radical (unpaired) electrons. The van der Waals surface area contributed by atoms with Gasteiger partial charge in [-0.3, -0.25) is 0 Å². The van der Waals surface area contributed by atoms with Gasteiger partial charge < -0.3 is 10.0 Å². The molecule has 0 aliphatic rings. The van der Waals surface area contributed by atoms with E-state index in [1.165, 1.54) is 11.6 Å². The summed E-state index contributed by atoms with van der Waals surface area (Å²) in [6, 6.07) is 46.8. The highest BCUT2D eigenvalue weighted by atomic mass is 16.4. The molecule has 0 atom stereocenters. The highest BCUT2D eigenvalue weighted by Crippen LogP contribution is 2.35. The third-order valence-corrected chi connectivity index (χ3v) is 6.74. The summed E-state index contributed by atoms with van der Waals surface area (Å²) >= 11 is 0. The second-order valence-electron chi connectivity index (χ2n) is 9.62. The maximum Gasteiger partial charge on any atom is 0.346 e. The minimum absolute atomic E-state index is 0.304. The zero-order valence-electron chi connectivity index (χ0n) is 22.6. The molecular weight excluding hydrogens is 504 g/mol. The Morgan fingerprint density at radius 2 is 1.05 bits per heavy atom. The summed E-state index contributed by atoms with van der Waals surface area (Å²) in [6.45, 7) is 2.06. The van der Waals surface area contributed by atoms with Crippen LogP contribution in [0.5, 0.6) is 0 Å². The Hall–Kier alpha value is -5.66. The van der Waals surface area contributed by atoms with Crippen LogP contribution in [0.3, 0.4) is 0 Å². The normalized spacial score (nSPS) is 10.9. The lowest BCUT2D eigenvalue weighted by Crippen LogP contribution is -2.09. The van der Waals surface area contributed by atoms with Crippen LogP contribution in [0.25, 0.3) is 17.7 Å². The fourth-order valence-electron chi connectivity index (χ4n) is 4.62. The number of aliphatic carboxylic acids is 1. The van der Waals surface area contributed by atoms with Gasteiger partial charge in [-0.15, -0.1) is 0 Å². The van der Waals surface area contributed by atoms with Gasteiger partial charge in [0.05, 0.1) is 0 Å². The van der Waals surface area contributed by atoms with Gasteiger partial charge in [0.2, 0.25) is 0 Å². The summed E-state index contributed by atoms with van der Waals surface area (Å²) in [5.41, 5.74) is 8.95. The molecule has 5 aromatic rings. The topological polar surface area (TPSA) is 64.3 Å². The van der Waals surface area contributed by atoms with E-state index in [4.69, 9.17) is 5.26 Å². The SMILES string of the molecule is Cc1ccc(N(c2ccc(C=C(c3ccccc3)c3ccccc3)cc2)c2ccc(/C=C(/C#N)C(=O)O)cc2)cc1. The van der Waals surface area contributed by atoms with Gasteiger partial charge >= 0.3 is 5.97 Å². The molecule has 0 saturated heterocycles. The number of anilines is 3. The predicted molar refractivity (Wildman–Crippen MR) is 167 cm³/mol. The summed E-state index contributed by atoms with van der Waals surface area (Å²) in [4.78, 5) is 13.4. The number of hydrogen-bond acceptors (Lipinski definition) is 3. The molecule has 0 aromatic heterocycles. The number of nitrogens with zero attached hydrogens (tertiary/aromatic N) is 2. The van der Waals surface area contributed by atoms with Gasteiger partial charge in [0.25, 0.3) is 0 Å². The summed E-state index contributed by atoms with van der Waals surface area (Å²) in [7, 11) is 0. The van der Waals surface area contributed by atoms with Crippen molar-refractivity contribution in [2.24, 2.45) is 0 Å².